The van der Waals surface area contributed by atoms with Crippen LogP contribution in [0.15, 0.2) is 0 Å². The smallest absolute Gasteiger partial charge is 0.449 e. The zero-order valence-electron chi connectivity index (χ0n) is 5.23. The summed E-state index contributed by atoms with van der Waals surface area (Å²) >= 11 is 0. The molecule has 10 heavy (non-hydrogen) atoms. The van der Waals surface area contributed by atoms with Crippen LogP contribution in [0, 0.1) is 0 Å². The molecule has 0 bridgehead atoms. The van der Waals surface area contributed by atoms with E-state index in [4.69, 9.17) is 0 Å². The van der Waals surface area contributed by atoms with Gasteiger partial charge in [-0.2, -0.15) is 0 Å². The maximum atomic E-state index is 11.8. The highest BCUT2D eigenvalue weighted by Gasteiger charge is 2.36. The van der Waals surface area contributed by atoms with Gasteiger partial charge in [-0.15, -0.1) is 0 Å². The van der Waals surface area contributed by atoms with Crippen molar-refractivity contribution in [3.8, 4) is 0 Å². The van der Waals surface area contributed by atoms with Crippen LogP contribution in [-0.4, -0.2) is 27.0 Å². The van der Waals surface area contributed by atoms with Gasteiger partial charge < -0.3 is 22.4 Å². The highest BCUT2D eigenvalue weighted by molar-refractivity contribution is 6.60. The molecule has 1 aliphatic heterocycles. The molecule has 0 atom stereocenters. The van der Waals surface area contributed by atoms with Crippen LogP contribution < -0.4 is 0 Å². The van der Waals surface area contributed by atoms with E-state index >= 15 is 0 Å². The van der Waals surface area contributed by atoms with E-state index < -0.39 is 12.8 Å². The predicted molar refractivity (Wildman–Crippen MR) is 29.6 cm³/mol. The van der Waals surface area contributed by atoms with Gasteiger partial charge in [-0.3, -0.25) is 0 Å². The summed E-state index contributed by atoms with van der Waals surface area (Å²) in [5.74, 6) is -1.38. The summed E-state index contributed by atoms with van der Waals surface area (Å²) in [7, 11) is 0. The normalized spacial score (nSPS) is 23.1. The first-order chi connectivity index (χ1) is 4.61. The van der Waals surface area contributed by atoms with Crippen molar-refractivity contribution in [2.24, 2.45) is 0 Å². The maximum absolute atomic E-state index is 11.8. The lowest BCUT2D eigenvalue weighted by molar-refractivity contribution is -0.101. The second kappa shape index (κ2) is 2.80. The summed E-state index contributed by atoms with van der Waals surface area (Å²) < 4.78 is 44.5. The van der Waals surface area contributed by atoms with Gasteiger partial charge in [0.15, 0.2) is 0 Å². The lowest BCUT2D eigenvalue weighted by Gasteiger charge is -2.29. The van der Waals surface area contributed by atoms with Crippen molar-refractivity contribution in [1.82, 2.24) is 0 Å². The van der Waals surface area contributed by atoms with Gasteiger partial charge in [0.05, 0.1) is 0 Å². The molecule has 0 radical (unpaired) electrons. The molecule has 1 saturated heterocycles. The van der Waals surface area contributed by atoms with E-state index in [1.165, 1.54) is 0 Å². The Balaban J connectivity index is 2.39. The summed E-state index contributed by atoms with van der Waals surface area (Å²) in [5.41, 5.74) is 0. The fourth-order valence-corrected chi connectivity index (χ4v) is 0.724. The van der Waals surface area contributed by atoms with Gasteiger partial charge in [0.1, 0.15) is 6.79 Å². The fraction of sp³-hybridized carbons (Fsp3) is 1.00. The molecule has 1 fully saturated rings. The van der Waals surface area contributed by atoms with E-state index in [2.05, 4.69) is 9.47 Å². The molecule has 6 heteroatoms. The van der Waals surface area contributed by atoms with Gasteiger partial charge in [-0.1, -0.05) is 0 Å². The van der Waals surface area contributed by atoms with Crippen molar-refractivity contribution >= 4 is 6.98 Å². The molecule has 0 N–H and O–H groups in total. The SMILES string of the molecule is F[B-](F)(F)C1COCOC1. The molecule has 0 aliphatic carbocycles. The third-order valence-corrected chi connectivity index (χ3v) is 1.37. The molecule has 0 aromatic heterocycles. The number of rotatable bonds is 1. The molecule has 1 rings (SSSR count). The standard InChI is InChI=1S/C4H7BF3O2/c6-5(7,8)4-1-9-3-10-2-4/h4H,1-3H2/q-1. The maximum Gasteiger partial charge on any atom is 0.485 e. The summed E-state index contributed by atoms with van der Waals surface area (Å²) in [6, 6.07) is 0. The fourth-order valence-electron chi connectivity index (χ4n) is 0.724. The third-order valence-electron chi connectivity index (χ3n) is 1.37. The minimum Gasteiger partial charge on any atom is -0.449 e. The van der Waals surface area contributed by atoms with E-state index in [-0.39, 0.29) is 20.0 Å². The minimum absolute atomic E-state index is 0.0112. The molecule has 1 aliphatic rings. The average Bonchev–Trinajstić information content (AvgIpc) is 1.88. The highest BCUT2D eigenvalue weighted by atomic mass is 19.4. The minimum atomic E-state index is -4.78. The first-order valence-corrected chi connectivity index (χ1v) is 2.96. The summed E-state index contributed by atoms with van der Waals surface area (Å²) in [6.45, 7) is -5.28. The second-order valence-corrected chi connectivity index (χ2v) is 2.24. The molecule has 0 spiro atoms. The van der Waals surface area contributed by atoms with Crippen LogP contribution in [0.5, 0.6) is 0 Å². The van der Waals surface area contributed by atoms with Crippen LogP contribution in [0.4, 0.5) is 12.9 Å². The van der Waals surface area contributed by atoms with E-state index in [9.17, 15) is 12.9 Å². The lowest BCUT2D eigenvalue weighted by Crippen LogP contribution is -2.35. The monoisotopic (exact) mass is 155 g/mol. The number of halogens is 3. The van der Waals surface area contributed by atoms with Crippen molar-refractivity contribution in [3.63, 3.8) is 0 Å². The first kappa shape index (κ1) is 7.88. The van der Waals surface area contributed by atoms with Crippen molar-refractivity contribution in [2.45, 2.75) is 5.82 Å². The van der Waals surface area contributed by atoms with Crippen LogP contribution in [-0.2, 0) is 9.47 Å². The Bertz CT molecular complexity index is 110. The molecule has 2 nitrogen and oxygen atoms in total. The quantitative estimate of drug-likeness (QED) is 0.529. The Kier molecular flexibility index (Phi) is 2.20. The summed E-state index contributed by atoms with van der Waals surface area (Å²) in [6.07, 6.45) is 0. The van der Waals surface area contributed by atoms with Gasteiger partial charge in [-0.05, 0) is 5.82 Å². The molecule has 0 saturated carbocycles. The average molecular weight is 155 g/mol. The van der Waals surface area contributed by atoms with E-state index in [1.54, 1.807) is 0 Å². The number of hydrogen-bond acceptors (Lipinski definition) is 2. The van der Waals surface area contributed by atoms with Crippen LogP contribution in [0.1, 0.15) is 0 Å². The zero-order chi connectivity index (χ0) is 7.61. The Hall–Kier alpha value is -0.225. The van der Waals surface area contributed by atoms with Gasteiger partial charge in [0.25, 0.3) is 0 Å². The van der Waals surface area contributed by atoms with E-state index in [1.807, 2.05) is 0 Å². The largest absolute Gasteiger partial charge is 0.485 e. The van der Waals surface area contributed by atoms with Gasteiger partial charge in [0.2, 0.25) is 0 Å². The molecule has 0 aromatic carbocycles. The molecular formula is C4H7BF3O2-. The molecule has 0 unspecified atom stereocenters. The van der Waals surface area contributed by atoms with E-state index in [0.29, 0.717) is 0 Å². The summed E-state index contributed by atoms with van der Waals surface area (Å²) in [5, 5.41) is 0. The molecule has 60 valence electrons. The van der Waals surface area contributed by atoms with Crippen molar-refractivity contribution in [3.05, 3.63) is 0 Å². The number of hydrogen-bond donors (Lipinski definition) is 0. The molecule has 0 aromatic rings. The Labute approximate surface area is 56.4 Å². The Morgan fingerprint density at radius 1 is 1.10 bits per heavy atom. The Morgan fingerprint density at radius 2 is 1.60 bits per heavy atom. The summed E-state index contributed by atoms with van der Waals surface area (Å²) in [4.78, 5) is 0. The van der Waals surface area contributed by atoms with Gasteiger partial charge in [0, 0.05) is 13.2 Å². The van der Waals surface area contributed by atoms with E-state index in [0.717, 1.165) is 0 Å². The Morgan fingerprint density at radius 3 is 1.90 bits per heavy atom. The molecule has 1 heterocycles. The van der Waals surface area contributed by atoms with Crippen LogP contribution in [0.3, 0.4) is 0 Å². The van der Waals surface area contributed by atoms with Crippen molar-refractivity contribution < 1.29 is 22.4 Å². The van der Waals surface area contributed by atoms with Gasteiger partial charge in [-0.25, -0.2) is 0 Å². The lowest BCUT2D eigenvalue weighted by atomic mass is 9.73. The van der Waals surface area contributed by atoms with Crippen LogP contribution >= 0.6 is 0 Å². The third kappa shape index (κ3) is 1.88. The van der Waals surface area contributed by atoms with Crippen molar-refractivity contribution in [1.29, 1.82) is 0 Å². The van der Waals surface area contributed by atoms with Crippen LogP contribution in [0.2, 0.25) is 5.82 Å². The molecule has 0 amide bonds. The topological polar surface area (TPSA) is 18.5 Å². The first-order valence-electron chi connectivity index (χ1n) is 2.96. The zero-order valence-corrected chi connectivity index (χ0v) is 5.23. The van der Waals surface area contributed by atoms with Crippen molar-refractivity contribution in [2.75, 3.05) is 20.0 Å². The number of ether oxygens (including phenoxy) is 2. The predicted octanol–water partition coefficient (Wildman–Crippen LogP) is 1.21. The second-order valence-electron chi connectivity index (χ2n) is 2.24. The van der Waals surface area contributed by atoms with Crippen LogP contribution in [0.25, 0.3) is 0 Å². The highest BCUT2D eigenvalue weighted by Crippen LogP contribution is 2.28. The molecular weight excluding hydrogens is 148 g/mol. The van der Waals surface area contributed by atoms with Gasteiger partial charge >= 0.3 is 6.98 Å².